The molecule has 0 aromatic heterocycles. The molecule has 2 aliphatic rings. The Balaban J connectivity index is 1.42. The third-order valence-corrected chi connectivity index (χ3v) is 5.75. The number of amides is 1. The molecule has 1 heterocycles. The zero-order valence-electron chi connectivity index (χ0n) is 15.8. The second kappa shape index (κ2) is 7.98. The van der Waals surface area contributed by atoms with Crippen LogP contribution in [0.25, 0.3) is 16.3 Å². The van der Waals surface area contributed by atoms with Gasteiger partial charge < -0.3 is 16.4 Å². The van der Waals surface area contributed by atoms with Gasteiger partial charge >= 0.3 is 0 Å². The van der Waals surface area contributed by atoms with Crippen molar-refractivity contribution in [1.29, 1.82) is 0 Å². The smallest absolute Gasteiger partial charge is 0.247 e. The molecule has 4 N–H and O–H groups in total. The largest absolute Gasteiger partial charge is 0.398 e. The summed E-state index contributed by atoms with van der Waals surface area (Å²) in [7, 11) is 0. The van der Waals surface area contributed by atoms with E-state index in [0.717, 1.165) is 66.2 Å². The average molecular weight is 375 g/mol. The molecule has 1 aliphatic carbocycles. The van der Waals surface area contributed by atoms with Gasteiger partial charge in [-0.05, 0) is 65.9 Å². The normalized spacial score (nSPS) is 17.3. The molecule has 0 bridgehead atoms. The van der Waals surface area contributed by atoms with Gasteiger partial charge in [0.25, 0.3) is 0 Å². The molecule has 4 rings (SSSR count). The van der Waals surface area contributed by atoms with Gasteiger partial charge in [-0.15, -0.1) is 0 Å². The van der Waals surface area contributed by atoms with Crippen LogP contribution in [0.3, 0.4) is 0 Å². The first-order valence-electron chi connectivity index (χ1n) is 9.82. The molecule has 0 saturated carbocycles. The lowest BCUT2D eigenvalue weighted by Crippen LogP contribution is -2.36. The predicted octanol–water partition coefficient (Wildman–Crippen LogP) is 3.06. The molecule has 1 fully saturated rings. The Morgan fingerprint density at radius 1 is 1.18 bits per heavy atom. The SMILES string of the molecule is Nc1ccc2cc(C3=CC=C(C(=O)NCC4CCNCC4)C3)ccc2c1C=O. The van der Waals surface area contributed by atoms with Crippen molar-refractivity contribution in [3.63, 3.8) is 0 Å². The van der Waals surface area contributed by atoms with Crippen molar-refractivity contribution in [2.75, 3.05) is 25.4 Å². The quantitative estimate of drug-likeness (QED) is 0.554. The minimum Gasteiger partial charge on any atom is -0.398 e. The highest BCUT2D eigenvalue weighted by atomic mass is 16.1. The van der Waals surface area contributed by atoms with Crippen molar-refractivity contribution in [2.24, 2.45) is 5.92 Å². The number of anilines is 1. The van der Waals surface area contributed by atoms with Crippen molar-refractivity contribution in [2.45, 2.75) is 19.3 Å². The predicted molar refractivity (Wildman–Crippen MR) is 113 cm³/mol. The zero-order chi connectivity index (χ0) is 19.5. The summed E-state index contributed by atoms with van der Waals surface area (Å²) in [6.45, 7) is 2.82. The monoisotopic (exact) mass is 375 g/mol. The molecule has 2 aromatic rings. The number of carbonyl (C=O) groups excluding carboxylic acids is 2. The van der Waals surface area contributed by atoms with E-state index in [4.69, 9.17) is 5.73 Å². The Labute approximate surface area is 164 Å². The van der Waals surface area contributed by atoms with Crippen LogP contribution in [-0.2, 0) is 4.79 Å². The van der Waals surface area contributed by atoms with Crippen molar-refractivity contribution in [3.05, 3.63) is 59.2 Å². The number of carbonyl (C=O) groups is 2. The maximum absolute atomic E-state index is 12.5. The first-order chi connectivity index (χ1) is 13.7. The van der Waals surface area contributed by atoms with Crippen LogP contribution >= 0.6 is 0 Å². The molecule has 5 heteroatoms. The number of allylic oxidation sites excluding steroid dienone is 3. The minimum atomic E-state index is 0.0292. The third kappa shape index (κ3) is 3.71. The molecule has 144 valence electrons. The average Bonchev–Trinajstić information content (AvgIpc) is 3.23. The molecule has 2 aromatic carbocycles. The lowest BCUT2D eigenvalue weighted by molar-refractivity contribution is -0.117. The van der Waals surface area contributed by atoms with Gasteiger partial charge in [-0.25, -0.2) is 0 Å². The number of fused-ring (bicyclic) bond motifs is 1. The Hall–Kier alpha value is -2.92. The molecule has 1 amide bonds. The van der Waals surface area contributed by atoms with E-state index in [9.17, 15) is 9.59 Å². The number of benzene rings is 2. The fourth-order valence-corrected chi connectivity index (χ4v) is 4.02. The van der Waals surface area contributed by atoms with E-state index < -0.39 is 0 Å². The van der Waals surface area contributed by atoms with Gasteiger partial charge in [-0.3, -0.25) is 9.59 Å². The Bertz CT molecular complexity index is 985. The molecule has 28 heavy (non-hydrogen) atoms. The summed E-state index contributed by atoms with van der Waals surface area (Å²) >= 11 is 0. The number of rotatable bonds is 5. The van der Waals surface area contributed by atoms with Crippen LogP contribution in [0.4, 0.5) is 5.69 Å². The van der Waals surface area contributed by atoms with E-state index in [2.05, 4.69) is 16.7 Å². The molecule has 5 nitrogen and oxygen atoms in total. The Morgan fingerprint density at radius 2 is 2.00 bits per heavy atom. The first-order valence-corrected chi connectivity index (χ1v) is 9.82. The van der Waals surface area contributed by atoms with Crippen LogP contribution in [0, 0.1) is 5.92 Å². The fourth-order valence-electron chi connectivity index (χ4n) is 4.02. The number of nitrogen functional groups attached to an aromatic ring is 1. The van der Waals surface area contributed by atoms with E-state index >= 15 is 0 Å². The summed E-state index contributed by atoms with van der Waals surface area (Å²) < 4.78 is 0. The van der Waals surface area contributed by atoms with E-state index in [1.165, 1.54) is 0 Å². The van der Waals surface area contributed by atoms with Crippen LogP contribution in [0.5, 0.6) is 0 Å². The lowest BCUT2D eigenvalue weighted by Gasteiger charge is -2.22. The van der Waals surface area contributed by atoms with Crippen LogP contribution in [0.2, 0.25) is 0 Å². The number of hydrogen-bond donors (Lipinski definition) is 3. The highest BCUT2D eigenvalue weighted by Crippen LogP contribution is 2.32. The van der Waals surface area contributed by atoms with E-state index in [0.29, 0.717) is 23.6 Å². The van der Waals surface area contributed by atoms with Crippen LogP contribution in [0.15, 0.2) is 48.1 Å². The van der Waals surface area contributed by atoms with Gasteiger partial charge in [0.1, 0.15) is 0 Å². The van der Waals surface area contributed by atoms with Crippen molar-refractivity contribution >= 4 is 34.2 Å². The highest BCUT2D eigenvalue weighted by molar-refractivity contribution is 6.04. The molecule has 0 radical (unpaired) electrons. The van der Waals surface area contributed by atoms with Crippen LogP contribution < -0.4 is 16.4 Å². The highest BCUT2D eigenvalue weighted by Gasteiger charge is 2.19. The first kappa shape index (κ1) is 18.4. The number of hydrogen-bond acceptors (Lipinski definition) is 4. The summed E-state index contributed by atoms with van der Waals surface area (Å²) in [5, 5.41) is 8.26. The zero-order valence-corrected chi connectivity index (χ0v) is 15.8. The maximum Gasteiger partial charge on any atom is 0.247 e. The standard InChI is InChI=1S/C23H25N3O2/c24-22-6-4-18-11-17(3-5-20(18)21(22)14-27)16-1-2-19(12-16)23(28)26-13-15-7-9-25-10-8-15/h1-6,11,14-15,25H,7-10,12-13,24H2,(H,26,28). The van der Waals surface area contributed by atoms with Gasteiger partial charge in [0.15, 0.2) is 6.29 Å². The number of nitrogens with one attached hydrogen (secondary N) is 2. The number of aldehydes is 1. The van der Waals surface area contributed by atoms with Crippen molar-refractivity contribution < 1.29 is 9.59 Å². The molecule has 0 atom stereocenters. The van der Waals surface area contributed by atoms with Crippen LogP contribution in [0.1, 0.15) is 35.2 Å². The maximum atomic E-state index is 12.5. The van der Waals surface area contributed by atoms with Crippen LogP contribution in [-0.4, -0.2) is 31.8 Å². The van der Waals surface area contributed by atoms with E-state index in [1.54, 1.807) is 6.07 Å². The molecule has 1 aliphatic heterocycles. The molecular weight excluding hydrogens is 350 g/mol. The van der Waals surface area contributed by atoms with E-state index in [-0.39, 0.29) is 5.91 Å². The van der Waals surface area contributed by atoms with Gasteiger partial charge in [0.05, 0.1) is 0 Å². The fraction of sp³-hybridized carbons (Fsp3) is 0.304. The Morgan fingerprint density at radius 3 is 2.79 bits per heavy atom. The summed E-state index contributed by atoms with van der Waals surface area (Å²) in [5.74, 6) is 0.598. The number of piperidine rings is 1. The third-order valence-electron chi connectivity index (χ3n) is 5.75. The van der Waals surface area contributed by atoms with Crippen molar-refractivity contribution in [3.8, 4) is 0 Å². The Kier molecular flexibility index (Phi) is 5.26. The summed E-state index contributed by atoms with van der Waals surface area (Å²) in [5.41, 5.74) is 9.88. The second-order valence-electron chi connectivity index (χ2n) is 7.59. The second-order valence-corrected chi connectivity index (χ2v) is 7.59. The summed E-state index contributed by atoms with van der Waals surface area (Å²) in [6.07, 6.45) is 7.59. The minimum absolute atomic E-state index is 0.0292. The van der Waals surface area contributed by atoms with E-state index in [1.807, 2.05) is 30.4 Å². The number of nitrogens with two attached hydrogens (primary N) is 1. The van der Waals surface area contributed by atoms with Gasteiger partial charge in [0, 0.05) is 29.8 Å². The lowest BCUT2D eigenvalue weighted by atomic mass is 9.96. The molecule has 0 spiro atoms. The van der Waals surface area contributed by atoms with Gasteiger partial charge in [0.2, 0.25) is 5.91 Å². The molecule has 1 saturated heterocycles. The summed E-state index contributed by atoms with van der Waals surface area (Å²) in [4.78, 5) is 23.8. The topological polar surface area (TPSA) is 84.2 Å². The van der Waals surface area contributed by atoms with Gasteiger partial charge in [-0.1, -0.05) is 30.4 Å². The molecule has 0 unspecified atom stereocenters. The van der Waals surface area contributed by atoms with Crippen molar-refractivity contribution in [1.82, 2.24) is 10.6 Å². The summed E-state index contributed by atoms with van der Waals surface area (Å²) in [6, 6.07) is 9.66. The van der Waals surface area contributed by atoms with Gasteiger partial charge in [-0.2, -0.15) is 0 Å². The molecular formula is C23H25N3O2.